The second kappa shape index (κ2) is 8.22. The van der Waals surface area contributed by atoms with Crippen LogP contribution in [0.15, 0.2) is 29.2 Å². The molecule has 1 fully saturated rings. The summed E-state index contributed by atoms with van der Waals surface area (Å²) in [7, 11) is -3.63. The maximum Gasteiger partial charge on any atom is 0.329 e. The van der Waals surface area contributed by atoms with Gasteiger partial charge >= 0.3 is 5.97 Å². The molecule has 0 heterocycles. The Balaban J connectivity index is 1.88. The largest absolute Gasteiger partial charge is 0.480 e. The maximum atomic E-state index is 12.2. The van der Waals surface area contributed by atoms with Crippen LogP contribution in [0.3, 0.4) is 0 Å². The van der Waals surface area contributed by atoms with Crippen LogP contribution in [0.4, 0.5) is 0 Å². The summed E-state index contributed by atoms with van der Waals surface area (Å²) in [6.45, 7) is 0.165. The van der Waals surface area contributed by atoms with Gasteiger partial charge in [0.15, 0.2) is 0 Å². The van der Waals surface area contributed by atoms with Crippen LogP contribution >= 0.6 is 0 Å². The molecular weight excluding hydrogens is 336 g/mol. The molecule has 0 radical (unpaired) electrons. The van der Waals surface area contributed by atoms with E-state index >= 15 is 0 Å². The van der Waals surface area contributed by atoms with E-state index < -0.39 is 28.5 Å². The van der Waals surface area contributed by atoms with Crippen molar-refractivity contribution in [3.05, 3.63) is 29.8 Å². The molecule has 24 heavy (non-hydrogen) atoms. The number of carbonyl (C=O) groups is 2. The summed E-state index contributed by atoms with van der Waals surface area (Å²) in [6.07, 6.45) is 2.07. The first-order valence-electron chi connectivity index (χ1n) is 7.56. The number of ether oxygens (including phenoxy) is 1. The van der Waals surface area contributed by atoms with E-state index in [4.69, 9.17) is 9.84 Å². The quantitative estimate of drug-likeness (QED) is 0.515. The van der Waals surface area contributed by atoms with E-state index in [-0.39, 0.29) is 23.6 Å². The minimum Gasteiger partial charge on any atom is -0.480 e. The fourth-order valence-electron chi connectivity index (χ4n) is 1.94. The summed E-state index contributed by atoms with van der Waals surface area (Å²) in [5.41, 5.74) is 0.211. The van der Waals surface area contributed by atoms with Gasteiger partial charge in [-0.1, -0.05) is 6.07 Å². The molecule has 0 aliphatic heterocycles. The molecule has 1 aliphatic carbocycles. The van der Waals surface area contributed by atoms with Crippen molar-refractivity contribution in [2.75, 3.05) is 26.3 Å². The van der Waals surface area contributed by atoms with Crippen LogP contribution < -0.4 is 10.0 Å². The van der Waals surface area contributed by atoms with Gasteiger partial charge in [-0.05, 0) is 37.0 Å². The van der Waals surface area contributed by atoms with Gasteiger partial charge < -0.3 is 15.2 Å². The molecule has 1 aromatic rings. The Kier molecular flexibility index (Phi) is 6.29. The Morgan fingerprint density at radius 1 is 1.29 bits per heavy atom. The molecule has 3 N–H and O–H groups in total. The average molecular weight is 356 g/mol. The molecule has 2 rings (SSSR count). The predicted molar refractivity (Wildman–Crippen MR) is 85.1 cm³/mol. The molecule has 1 amide bonds. The third kappa shape index (κ3) is 5.91. The third-order valence-corrected chi connectivity index (χ3v) is 4.84. The highest BCUT2D eigenvalue weighted by molar-refractivity contribution is 7.89. The van der Waals surface area contributed by atoms with Crippen LogP contribution in [0.25, 0.3) is 0 Å². The summed E-state index contributed by atoms with van der Waals surface area (Å²) in [5.74, 6) is -1.12. The number of rotatable bonds is 10. The van der Waals surface area contributed by atoms with Gasteiger partial charge in [-0.2, -0.15) is 0 Å². The van der Waals surface area contributed by atoms with Crippen LogP contribution in [0.5, 0.6) is 0 Å². The minimum atomic E-state index is -3.63. The molecular formula is C15H20N2O6S. The van der Waals surface area contributed by atoms with E-state index in [0.29, 0.717) is 12.5 Å². The number of carbonyl (C=O) groups excluding carboxylic acids is 1. The Bertz CT molecular complexity index is 700. The summed E-state index contributed by atoms with van der Waals surface area (Å²) in [6, 6.07) is 5.75. The summed E-state index contributed by atoms with van der Waals surface area (Å²) in [4.78, 5) is 22.3. The van der Waals surface area contributed by atoms with Gasteiger partial charge in [-0.15, -0.1) is 0 Å². The molecule has 0 unspecified atom stereocenters. The minimum absolute atomic E-state index is 0.0397. The first kappa shape index (κ1) is 18.4. The van der Waals surface area contributed by atoms with E-state index in [9.17, 15) is 18.0 Å². The van der Waals surface area contributed by atoms with E-state index in [1.807, 2.05) is 0 Å². The van der Waals surface area contributed by atoms with E-state index in [1.165, 1.54) is 24.3 Å². The smallest absolute Gasteiger partial charge is 0.329 e. The van der Waals surface area contributed by atoms with Gasteiger partial charge in [0, 0.05) is 18.7 Å². The number of sulfonamides is 1. The Morgan fingerprint density at radius 2 is 2.04 bits per heavy atom. The highest BCUT2D eigenvalue weighted by Crippen LogP contribution is 2.28. The van der Waals surface area contributed by atoms with Gasteiger partial charge in [0.1, 0.15) is 6.61 Å². The molecule has 8 nitrogen and oxygen atoms in total. The van der Waals surface area contributed by atoms with Gasteiger partial charge in [-0.25, -0.2) is 17.9 Å². The van der Waals surface area contributed by atoms with Gasteiger partial charge in [-0.3, -0.25) is 4.79 Å². The van der Waals surface area contributed by atoms with Crippen LogP contribution in [0.1, 0.15) is 23.2 Å². The molecule has 1 aliphatic rings. The van der Waals surface area contributed by atoms with Crippen molar-refractivity contribution in [1.29, 1.82) is 0 Å². The molecule has 0 bridgehead atoms. The topological polar surface area (TPSA) is 122 Å². The van der Waals surface area contributed by atoms with Gasteiger partial charge in [0.2, 0.25) is 10.0 Å². The van der Waals surface area contributed by atoms with Crippen molar-refractivity contribution in [2.24, 2.45) is 5.92 Å². The average Bonchev–Trinajstić information content (AvgIpc) is 3.37. The van der Waals surface area contributed by atoms with Crippen molar-refractivity contribution >= 4 is 21.9 Å². The maximum absolute atomic E-state index is 12.2. The normalized spacial score (nSPS) is 14.3. The zero-order valence-electron chi connectivity index (χ0n) is 13.0. The lowest BCUT2D eigenvalue weighted by Crippen LogP contribution is -2.29. The number of hydrogen-bond acceptors (Lipinski definition) is 5. The fourth-order valence-corrected chi connectivity index (χ4v) is 3.10. The number of benzene rings is 1. The van der Waals surface area contributed by atoms with Crippen LogP contribution in [-0.2, 0) is 19.6 Å². The zero-order valence-corrected chi connectivity index (χ0v) is 13.8. The molecule has 0 saturated heterocycles. The van der Waals surface area contributed by atoms with Crippen molar-refractivity contribution in [3.8, 4) is 0 Å². The number of nitrogens with one attached hydrogen (secondary N) is 2. The van der Waals surface area contributed by atoms with E-state index in [1.54, 1.807) is 0 Å². The standard InChI is InChI=1S/C15H20N2O6S/c18-14(19)10-23-7-6-16-15(20)12-2-1-3-13(8-12)24(21,22)17-9-11-4-5-11/h1-3,8,11,17H,4-7,9-10H2,(H,16,20)(H,18,19). The molecule has 132 valence electrons. The zero-order chi connectivity index (χ0) is 17.6. The lowest BCUT2D eigenvalue weighted by Gasteiger charge is -2.09. The van der Waals surface area contributed by atoms with Crippen molar-refractivity contribution in [1.82, 2.24) is 10.0 Å². The SMILES string of the molecule is O=C(O)COCCNC(=O)c1cccc(S(=O)(=O)NCC2CC2)c1. The second-order valence-corrected chi connectivity index (χ2v) is 7.29. The number of hydrogen-bond donors (Lipinski definition) is 3. The van der Waals surface area contributed by atoms with Crippen molar-refractivity contribution < 1.29 is 27.9 Å². The highest BCUT2D eigenvalue weighted by Gasteiger charge is 2.24. The first-order chi connectivity index (χ1) is 11.4. The summed E-state index contributed by atoms with van der Waals surface area (Å²) >= 11 is 0. The molecule has 1 aromatic carbocycles. The summed E-state index contributed by atoms with van der Waals surface area (Å²) < 4.78 is 31.7. The lowest BCUT2D eigenvalue weighted by atomic mass is 10.2. The Labute approximate surface area is 140 Å². The van der Waals surface area contributed by atoms with E-state index in [0.717, 1.165) is 12.8 Å². The van der Waals surface area contributed by atoms with E-state index in [2.05, 4.69) is 10.0 Å². The summed E-state index contributed by atoms with van der Waals surface area (Å²) in [5, 5.41) is 11.0. The molecule has 0 aromatic heterocycles. The number of amides is 1. The second-order valence-electron chi connectivity index (χ2n) is 5.53. The monoisotopic (exact) mass is 356 g/mol. The number of carboxylic acid groups (broad SMARTS) is 1. The molecule has 1 saturated carbocycles. The van der Waals surface area contributed by atoms with Crippen LogP contribution in [-0.4, -0.2) is 51.7 Å². The van der Waals surface area contributed by atoms with Crippen LogP contribution in [0, 0.1) is 5.92 Å². The lowest BCUT2D eigenvalue weighted by molar-refractivity contribution is -0.142. The fraction of sp³-hybridized carbons (Fsp3) is 0.467. The Morgan fingerprint density at radius 3 is 2.71 bits per heavy atom. The molecule has 0 atom stereocenters. The predicted octanol–water partition coefficient (Wildman–Crippen LogP) is 0.206. The van der Waals surface area contributed by atoms with Crippen molar-refractivity contribution in [2.45, 2.75) is 17.7 Å². The Hall–Kier alpha value is -1.97. The van der Waals surface area contributed by atoms with Crippen LogP contribution in [0.2, 0.25) is 0 Å². The highest BCUT2D eigenvalue weighted by atomic mass is 32.2. The first-order valence-corrected chi connectivity index (χ1v) is 9.04. The molecule has 9 heteroatoms. The van der Waals surface area contributed by atoms with Gasteiger partial charge in [0.05, 0.1) is 11.5 Å². The number of aliphatic carboxylic acids is 1. The van der Waals surface area contributed by atoms with Gasteiger partial charge in [0.25, 0.3) is 5.91 Å². The van der Waals surface area contributed by atoms with Crippen molar-refractivity contribution in [3.63, 3.8) is 0 Å². The molecule has 0 spiro atoms. The number of carboxylic acids is 1. The third-order valence-electron chi connectivity index (χ3n) is 3.42.